The van der Waals surface area contributed by atoms with E-state index in [-0.39, 0.29) is 11.3 Å². The van der Waals surface area contributed by atoms with E-state index < -0.39 is 12.0 Å². The third-order valence-corrected chi connectivity index (χ3v) is 1.72. The van der Waals surface area contributed by atoms with Crippen LogP contribution in [-0.4, -0.2) is 12.1 Å². The number of alkyl halides is 2. The largest absolute Gasteiger partial charge is 0.491 e. The van der Waals surface area contributed by atoms with Crippen LogP contribution < -0.4 is 10.3 Å². The molecule has 0 aliphatic heterocycles. The minimum absolute atomic E-state index is 0.310. The maximum Gasteiger partial charge on any atom is 0.290 e. The van der Waals surface area contributed by atoms with Crippen molar-refractivity contribution in [1.82, 2.24) is 4.98 Å². The standard InChI is InChI=1S/C8H9F2NO2/c1-4-3-11-8(12)6(13-2)5(4)7(9)10/h3,7H,1-2H3,(H,11,12). The number of aromatic amines is 1. The molecule has 72 valence electrons. The zero-order valence-corrected chi connectivity index (χ0v) is 7.23. The van der Waals surface area contributed by atoms with E-state index in [4.69, 9.17) is 0 Å². The predicted molar refractivity (Wildman–Crippen MR) is 43.3 cm³/mol. The third kappa shape index (κ3) is 1.68. The number of nitrogens with one attached hydrogen (secondary N) is 1. The van der Waals surface area contributed by atoms with Gasteiger partial charge in [0.25, 0.3) is 12.0 Å². The van der Waals surface area contributed by atoms with Crippen molar-refractivity contribution in [3.05, 3.63) is 27.7 Å². The molecule has 0 aromatic carbocycles. The fraction of sp³-hybridized carbons (Fsp3) is 0.375. The molecule has 0 atom stereocenters. The van der Waals surface area contributed by atoms with Crippen LogP contribution in [0.5, 0.6) is 5.75 Å². The van der Waals surface area contributed by atoms with Crippen molar-refractivity contribution in [2.75, 3.05) is 7.11 Å². The first kappa shape index (κ1) is 9.70. The van der Waals surface area contributed by atoms with Crippen molar-refractivity contribution >= 4 is 0 Å². The molecule has 0 bridgehead atoms. The number of hydrogen-bond donors (Lipinski definition) is 1. The molecule has 0 fully saturated rings. The van der Waals surface area contributed by atoms with E-state index in [1.54, 1.807) is 0 Å². The van der Waals surface area contributed by atoms with Crippen LogP contribution in [0.3, 0.4) is 0 Å². The number of methoxy groups -OCH3 is 1. The lowest BCUT2D eigenvalue weighted by atomic mass is 10.1. The number of pyridine rings is 1. The Balaban J connectivity index is 3.44. The molecule has 1 rings (SSSR count). The van der Waals surface area contributed by atoms with Crippen LogP contribution in [-0.2, 0) is 0 Å². The normalized spacial score (nSPS) is 10.5. The Bertz CT molecular complexity index is 360. The van der Waals surface area contributed by atoms with Crippen LogP contribution in [0, 0.1) is 6.92 Å². The monoisotopic (exact) mass is 189 g/mol. The molecule has 1 aromatic heterocycles. The van der Waals surface area contributed by atoms with Crippen molar-refractivity contribution in [3.63, 3.8) is 0 Å². The molecule has 5 heteroatoms. The maximum absolute atomic E-state index is 12.4. The molecule has 0 aliphatic rings. The van der Waals surface area contributed by atoms with Gasteiger partial charge in [-0.15, -0.1) is 0 Å². The number of rotatable bonds is 2. The van der Waals surface area contributed by atoms with Gasteiger partial charge in [-0.3, -0.25) is 4.79 Å². The molecule has 0 radical (unpaired) electrons. The molecule has 13 heavy (non-hydrogen) atoms. The second-order valence-electron chi connectivity index (χ2n) is 2.55. The van der Waals surface area contributed by atoms with Crippen molar-refractivity contribution in [2.24, 2.45) is 0 Å². The molecule has 0 spiro atoms. The van der Waals surface area contributed by atoms with E-state index in [2.05, 4.69) is 9.72 Å². The van der Waals surface area contributed by atoms with Gasteiger partial charge in [0.1, 0.15) is 0 Å². The van der Waals surface area contributed by atoms with Gasteiger partial charge in [0.2, 0.25) is 0 Å². The SMILES string of the molecule is COc1c(C(F)F)c(C)c[nH]c1=O. The molecule has 1 heterocycles. The first-order valence-electron chi connectivity index (χ1n) is 3.62. The van der Waals surface area contributed by atoms with Crippen LogP contribution in [0.15, 0.2) is 11.0 Å². The molecule has 0 saturated heterocycles. The molecule has 1 N–H and O–H groups in total. The molecule has 3 nitrogen and oxygen atoms in total. The van der Waals surface area contributed by atoms with E-state index in [0.29, 0.717) is 5.56 Å². The fourth-order valence-corrected chi connectivity index (χ4v) is 1.09. The highest BCUT2D eigenvalue weighted by molar-refractivity contribution is 5.37. The molecule has 0 aliphatic carbocycles. The van der Waals surface area contributed by atoms with Crippen LogP contribution in [0.2, 0.25) is 0 Å². The third-order valence-electron chi connectivity index (χ3n) is 1.72. The Labute approximate surface area is 73.4 Å². The molecule has 0 saturated carbocycles. The van der Waals surface area contributed by atoms with E-state index in [0.717, 1.165) is 0 Å². The smallest absolute Gasteiger partial charge is 0.290 e. The first-order chi connectivity index (χ1) is 6.07. The van der Waals surface area contributed by atoms with Gasteiger partial charge in [-0.2, -0.15) is 0 Å². The second-order valence-corrected chi connectivity index (χ2v) is 2.55. The van der Waals surface area contributed by atoms with Crippen molar-refractivity contribution < 1.29 is 13.5 Å². The second kappa shape index (κ2) is 3.55. The zero-order chi connectivity index (χ0) is 10.0. The number of aromatic nitrogens is 1. The van der Waals surface area contributed by atoms with E-state index >= 15 is 0 Å². The van der Waals surface area contributed by atoms with Crippen LogP contribution in [0.4, 0.5) is 8.78 Å². The summed E-state index contributed by atoms with van der Waals surface area (Å²) < 4.78 is 29.4. The predicted octanol–water partition coefficient (Wildman–Crippen LogP) is 1.63. The van der Waals surface area contributed by atoms with Crippen LogP contribution in [0.1, 0.15) is 17.6 Å². The summed E-state index contributed by atoms with van der Waals surface area (Å²) in [5.41, 5.74) is -0.666. The van der Waals surface area contributed by atoms with Gasteiger partial charge in [-0.1, -0.05) is 0 Å². The molecule has 0 amide bonds. The number of halogens is 2. The summed E-state index contributed by atoms with van der Waals surface area (Å²) >= 11 is 0. The lowest BCUT2D eigenvalue weighted by molar-refractivity contribution is 0.145. The minimum atomic E-state index is -2.70. The summed E-state index contributed by atoms with van der Waals surface area (Å²) in [6.07, 6.45) is -1.45. The van der Waals surface area contributed by atoms with E-state index in [1.165, 1.54) is 20.2 Å². The van der Waals surface area contributed by atoms with Crippen molar-refractivity contribution in [3.8, 4) is 5.75 Å². The lowest BCUT2D eigenvalue weighted by Crippen LogP contribution is -2.13. The lowest BCUT2D eigenvalue weighted by Gasteiger charge is -2.08. The quantitative estimate of drug-likeness (QED) is 0.768. The number of hydrogen-bond acceptors (Lipinski definition) is 2. The summed E-state index contributed by atoms with van der Waals surface area (Å²) in [6, 6.07) is 0. The van der Waals surface area contributed by atoms with Gasteiger partial charge in [0, 0.05) is 6.20 Å². The Morgan fingerprint density at radius 1 is 1.54 bits per heavy atom. The Morgan fingerprint density at radius 3 is 2.54 bits per heavy atom. The van der Waals surface area contributed by atoms with Gasteiger partial charge in [-0.05, 0) is 12.5 Å². The van der Waals surface area contributed by atoms with Crippen LogP contribution in [0.25, 0.3) is 0 Å². The molecule has 1 aromatic rings. The molecular formula is C8H9F2NO2. The van der Waals surface area contributed by atoms with Gasteiger partial charge >= 0.3 is 0 Å². The van der Waals surface area contributed by atoms with Gasteiger partial charge in [0.15, 0.2) is 5.75 Å². The zero-order valence-electron chi connectivity index (χ0n) is 7.23. The van der Waals surface area contributed by atoms with Gasteiger partial charge < -0.3 is 9.72 Å². The summed E-state index contributed by atoms with van der Waals surface area (Å²) in [6.45, 7) is 1.49. The highest BCUT2D eigenvalue weighted by atomic mass is 19.3. The van der Waals surface area contributed by atoms with Crippen molar-refractivity contribution in [2.45, 2.75) is 13.3 Å². The minimum Gasteiger partial charge on any atom is -0.491 e. The first-order valence-corrected chi connectivity index (χ1v) is 3.62. The molecular weight excluding hydrogens is 180 g/mol. The van der Waals surface area contributed by atoms with Gasteiger partial charge in [-0.25, -0.2) is 8.78 Å². The highest BCUT2D eigenvalue weighted by Gasteiger charge is 2.19. The Morgan fingerprint density at radius 2 is 2.15 bits per heavy atom. The number of H-pyrrole nitrogens is 1. The van der Waals surface area contributed by atoms with E-state index in [1.807, 2.05) is 0 Å². The summed E-state index contributed by atoms with van der Waals surface area (Å²) in [5, 5.41) is 0. The summed E-state index contributed by atoms with van der Waals surface area (Å²) in [5.74, 6) is -0.310. The average molecular weight is 189 g/mol. The topological polar surface area (TPSA) is 42.1 Å². The Hall–Kier alpha value is -1.39. The number of ether oxygens (including phenoxy) is 1. The van der Waals surface area contributed by atoms with Gasteiger partial charge in [0.05, 0.1) is 12.7 Å². The average Bonchev–Trinajstić information content (AvgIpc) is 2.07. The Kier molecular flexibility index (Phi) is 2.65. The summed E-state index contributed by atoms with van der Waals surface area (Å²) in [7, 11) is 1.19. The van der Waals surface area contributed by atoms with E-state index in [9.17, 15) is 13.6 Å². The summed E-state index contributed by atoms with van der Waals surface area (Å²) in [4.78, 5) is 13.3. The maximum atomic E-state index is 12.4. The van der Waals surface area contributed by atoms with Crippen molar-refractivity contribution in [1.29, 1.82) is 0 Å². The highest BCUT2D eigenvalue weighted by Crippen LogP contribution is 2.27. The fourth-order valence-electron chi connectivity index (χ4n) is 1.09. The number of aryl methyl sites for hydroxylation is 1. The van der Waals surface area contributed by atoms with Crippen LogP contribution >= 0.6 is 0 Å². The molecule has 0 unspecified atom stereocenters.